The topological polar surface area (TPSA) is 108 Å². The number of nitrogens with one attached hydrogen (secondary N) is 3. The van der Waals surface area contributed by atoms with Crippen LogP contribution in [0.2, 0.25) is 10.0 Å². The summed E-state index contributed by atoms with van der Waals surface area (Å²) >= 11 is 13.3. The Kier molecular flexibility index (Phi) is 7.76. The van der Waals surface area contributed by atoms with Crippen LogP contribution in [0.3, 0.4) is 0 Å². The number of anilines is 1. The molecular weight excluding hydrogens is 475 g/mol. The van der Waals surface area contributed by atoms with Gasteiger partial charge in [-0.05, 0) is 30.2 Å². The third-order valence-corrected chi connectivity index (χ3v) is 6.66. The van der Waals surface area contributed by atoms with Crippen molar-refractivity contribution in [3.8, 4) is 0 Å². The first-order chi connectivity index (χ1) is 15.3. The summed E-state index contributed by atoms with van der Waals surface area (Å²) in [6, 6.07) is 5.64. The van der Waals surface area contributed by atoms with Gasteiger partial charge in [-0.15, -0.1) is 11.3 Å². The highest BCUT2D eigenvalue weighted by atomic mass is 35.5. The van der Waals surface area contributed by atoms with Crippen molar-refractivity contribution in [1.29, 1.82) is 0 Å². The van der Waals surface area contributed by atoms with Crippen molar-refractivity contribution < 1.29 is 19.2 Å². The molecule has 4 rings (SSSR count). The number of para-hydroxylation sites is 1. The van der Waals surface area contributed by atoms with E-state index in [-0.39, 0.29) is 24.8 Å². The molecule has 0 spiro atoms. The molecule has 1 unspecified atom stereocenters. The van der Waals surface area contributed by atoms with E-state index in [1.165, 1.54) is 16.2 Å². The Balaban J connectivity index is 0.00000141. The van der Waals surface area contributed by atoms with Gasteiger partial charge in [0.2, 0.25) is 11.8 Å². The van der Waals surface area contributed by atoms with Crippen molar-refractivity contribution in [1.82, 2.24) is 15.5 Å². The molecule has 2 aliphatic rings. The number of benzene rings is 1. The maximum Gasteiger partial charge on any atom is 0.319 e. The van der Waals surface area contributed by atoms with Crippen molar-refractivity contribution in [2.75, 3.05) is 5.32 Å². The molecule has 3 heterocycles. The van der Waals surface area contributed by atoms with Gasteiger partial charge in [0.05, 0.1) is 27.2 Å². The first-order valence-corrected chi connectivity index (χ1v) is 11.7. The lowest BCUT2D eigenvalue weighted by Gasteiger charge is -2.29. The van der Waals surface area contributed by atoms with Crippen molar-refractivity contribution in [3.63, 3.8) is 0 Å². The molecule has 1 atom stereocenters. The summed E-state index contributed by atoms with van der Waals surface area (Å²) < 4.78 is 0. The molecule has 1 aromatic carbocycles. The molecule has 0 bridgehead atoms. The van der Waals surface area contributed by atoms with Crippen LogP contribution in [-0.4, -0.2) is 34.7 Å². The van der Waals surface area contributed by atoms with Gasteiger partial charge in [-0.1, -0.05) is 43.1 Å². The van der Waals surface area contributed by atoms with Crippen LogP contribution < -0.4 is 16.0 Å². The minimum absolute atomic E-state index is 0.216. The minimum atomic E-state index is -0.637. The quantitative estimate of drug-likeness (QED) is 0.552. The van der Waals surface area contributed by atoms with E-state index in [1.807, 2.05) is 19.9 Å². The molecule has 1 saturated heterocycles. The fraction of sp³-hybridized carbons (Fsp3) is 0.333. The number of piperidine rings is 1. The van der Waals surface area contributed by atoms with E-state index in [0.29, 0.717) is 33.6 Å². The Bertz CT molecular complexity index is 1050. The number of carbonyl (C=O) groups excluding carboxylic acids is 4. The SMILES string of the molecule is CC.O=C1CCC(N2Cc3cc(CNC(=O)Nc4c(Cl)cccc4Cl)sc3C2=O)C(=O)N1. The Morgan fingerprint density at radius 2 is 1.91 bits per heavy atom. The van der Waals surface area contributed by atoms with Gasteiger partial charge in [0, 0.05) is 17.8 Å². The summed E-state index contributed by atoms with van der Waals surface area (Å²) in [5, 5.41) is 8.25. The van der Waals surface area contributed by atoms with E-state index in [4.69, 9.17) is 23.2 Å². The number of rotatable bonds is 4. The summed E-state index contributed by atoms with van der Waals surface area (Å²) in [4.78, 5) is 51.1. The first kappa shape index (κ1) is 24.0. The number of halogens is 2. The largest absolute Gasteiger partial charge is 0.333 e. The summed E-state index contributed by atoms with van der Waals surface area (Å²) in [6.07, 6.45) is 0.540. The Morgan fingerprint density at radius 3 is 2.53 bits per heavy atom. The summed E-state index contributed by atoms with van der Waals surface area (Å²) in [7, 11) is 0. The fourth-order valence-electron chi connectivity index (χ4n) is 3.43. The normalized spacial score (nSPS) is 17.3. The second-order valence-electron chi connectivity index (χ2n) is 6.87. The fourth-order valence-corrected chi connectivity index (χ4v) is 4.99. The second kappa shape index (κ2) is 10.3. The standard InChI is InChI=1S/C19H16Cl2N4O4S.C2H6/c20-11-2-1-3-12(21)15(11)24-19(29)22-7-10-6-9-8-25(18(28)16(9)30-10)13-4-5-14(26)23-17(13)27;1-2/h1-3,6,13H,4-5,7-8H2,(H2,22,24,29)(H,23,26,27);1-2H3. The van der Waals surface area contributed by atoms with E-state index in [0.717, 1.165) is 10.4 Å². The van der Waals surface area contributed by atoms with Crippen LogP contribution >= 0.6 is 34.5 Å². The van der Waals surface area contributed by atoms with Gasteiger partial charge < -0.3 is 15.5 Å². The van der Waals surface area contributed by atoms with Crippen LogP contribution in [0.25, 0.3) is 0 Å². The van der Waals surface area contributed by atoms with Crippen LogP contribution in [0.15, 0.2) is 24.3 Å². The van der Waals surface area contributed by atoms with Gasteiger partial charge in [0.15, 0.2) is 0 Å². The number of fused-ring (bicyclic) bond motifs is 1. The Morgan fingerprint density at radius 1 is 1.22 bits per heavy atom. The lowest BCUT2D eigenvalue weighted by Crippen LogP contribution is -2.52. The van der Waals surface area contributed by atoms with Gasteiger partial charge in [0.1, 0.15) is 6.04 Å². The Labute approximate surface area is 199 Å². The van der Waals surface area contributed by atoms with Crippen molar-refractivity contribution in [2.45, 2.75) is 45.8 Å². The highest BCUT2D eigenvalue weighted by Gasteiger charge is 2.40. The van der Waals surface area contributed by atoms with Gasteiger partial charge in [0.25, 0.3) is 5.91 Å². The molecule has 32 heavy (non-hydrogen) atoms. The minimum Gasteiger partial charge on any atom is -0.333 e. The highest BCUT2D eigenvalue weighted by molar-refractivity contribution is 7.14. The van der Waals surface area contributed by atoms with Gasteiger partial charge in [-0.25, -0.2) is 4.79 Å². The van der Waals surface area contributed by atoms with E-state index in [9.17, 15) is 19.2 Å². The molecule has 1 aromatic heterocycles. The van der Waals surface area contributed by atoms with Crippen LogP contribution in [0, 0.1) is 0 Å². The molecular formula is C21H22Cl2N4O4S. The van der Waals surface area contributed by atoms with E-state index >= 15 is 0 Å². The number of amides is 5. The molecule has 0 aliphatic carbocycles. The predicted molar refractivity (Wildman–Crippen MR) is 124 cm³/mol. The molecule has 11 heteroatoms. The number of hydrogen-bond donors (Lipinski definition) is 3. The second-order valence-corrected chi connectivity index (χ2v) is 8.82. The summed E-state index contributed by atoms with van der Waals surface area (Å²) in [6.45, 7) is 4.52. The average Bonchev–Trinajstić information content (AvgIpc) is 3.30. The molecule has 1 fully saturated rings. The van der Waals surface area contributed by atoms with E-state index < -0.39 is 18.0 Å². The number of nitrogens with zero attached hydrogens (tertiary/aromatic N) is 1. The lowest BCUT2D eigenvalue weighted by atomic mass is 10.0. The van der Waals surface area contributed by atoms with Gasteiger partial charge in [-0.3, -0.25) is 19.7 Å². The predicted octanol–water partition coefficient (Wildman–Crippen LogP) is 4.16. The summed E-state index contributed by atoms with van der Waals surface area (Å²) in [5.74, 6) is -0.989. The van der Waals surface area contributed by atoms with Crippen molar-refractivity contribution in [3.05, 3.63) is 49.6 Å². The molecule has 0 saturated carbocycles. The zero-order valence-electron chi connectivity index (χ0n) is 17.5. The molecule has 2 aromatic rings. The molecule has 0 radical (unpaired) electrons. The zero-order valence-corrected chi connectivity index (χ0v) is 19.8. The van der Waals surface area contributed by atoms with Crippen LogP contribution in [0.5, 0.6) is 0 Å². The van der Waals surface area contributed by atoms with Crippen LogP contribution in [-0.2, 0) is 22.7 Å². The third kappa shape index (κ3) is 5.06. The highest BCUT2D eigenvalue weighted by Crippen LogP contribution is 2.34. The first-order valence-electron chi connectivity index (χ1n) is 10.1. The van der Waals surface area contributed by atoms with Crippen LogP contribution in [0.4, 0.5) is 10.5 Å². The van der Waals surface area contributed by atoms with E-state index in [2.05, 4.69) is 16.0 Å². The molecule has 8 nitrogen and oxygen atoms in total. The molecule has 3 N–H and O–H groups in total. The maximum atomic E-state index is 12.7. The van der Waals surface area contributed by atoms with Crippen LogP contribution in [0.1, 0.15) is 46.8 Å². The average molecular weight is 497 g/mol. The smallest absolute Gasteiger partial charge is 0.319 e. The number of hydrogen-bond acceptors (Lipinski definition) is 5. The van der Waals surface area contributed by atoms with Gasteiger partial charge in [-0.2, -0.15) is 0 Å². The number of imide groups is 1. The lowest BCUT2D eigenvalue weighted by molar-refractivity contribution is -0.136. The summed E-state index contributed by atoms with van der Waals surface area (Å²) in [5.41, 5.74) is 1.13. The number of urea groups is 1. The number of thiophene rings is 1. The molecule has 2 aliphatic heterocycles. The van der Waals surface area contributed by atoms with Crippen molar-refractivity contribution >= 4 is 64.0 Å². The number of carbonyl (C=O) groups is 4. The van der Waals surface area contributed by atoms with Gasteiger partial charge >= 0.3 is 6.03 Å². The monoisotopic (exact) mass is 496 g/mol. The van der Waals surface area contributed by atoms with E-state index in [1.54, 1.807) is 18.2 Å². The molecule has 170 valence electrons. The van der Waals surface area contributed by atoms with Crippen molar-refractivity contribution in [2.24, 2.45) is 0 Å². The third-order valence-electron chi connectivity index (χ3n) is 4.87. The maximum absolute atomic E-state index is 12.7. The molecule has 5 amide bonds. The Hall–Kier alpha value is -2.62. The zero-order chi connectivity index (χ0) is 23.4.